The van der Waals surface area contributed by atoms with E-state index in [1.165, 1.54) is 0 Å². The molecule has 72 valence electrons. The third-order valence-corrected chi connectivity index (χ3v) is 0. The molecule has 0 aliphatic rings. The minimum Gasteiger partial charge on any atom is -0.554 e. The monoisotopic (exact) mass is 356 g/mol. The molecular weight excluding hydrogens is 351 g/mol. The topological polar surface area (TPSA) is 161 Å². The van der Waals surface area contributed by atoms with Gasteiger partial charge in [-0.2, -0.15) is 0 Å². The van der Waals surface area contributed by atoms with E-state index < -0.39 is 25.9 Å². The SMILES string of the molecule is O=C[O-].O=C[O-].O=C[O-].O=C[O-].[Sr+2].[Sr+2]. The van der Waals surface area contributed by atoms with Gasteiger partial charge in [-0.25, -0.2) is 0 Å². The summed E-state index contributed by atoms with van der Waals surface area (Å²) >= 11 is 0. The van der Waals surface area contributed by atoms with Gasteiger partial charge in [0, 0.05) is 25.9 Å². The Morgan fingerprint density at radius 1 is 0.500 bits per heavy atom. The van der Waals surface area contributed by atoms with Crippen molar-refractivity contribution in [3.05, 3.63) is 0 Å². The Hall–Kier alpha value is 0.841. The maximum atomic E-state index is 8.25. The molecule has 0 unspecified atom stereocenters. The Balaban J connectivity index is -0.0000000145. The summed E-state index contributed by atoms with van der Waals surface area (Å²) in [4.78, 5) is 33.0. The zero-order valence-corrected chi connectivity index (χ0v) is 13.9. The van der Waals surface area contributed by atoms with E-state index in [9.17, 15) is 0 Å². The predicted molar refractivity (Wildman–Crippen MR) is 35.8 cm³/mol. The first kappa shape index (κ1) is 36.4. The quantitative estimate of drug-likeness (QED) is 0.306. The van der Waals surface area contributed by atoms with Gasteiger partial charge in [0.15, 0.2) is 0 Å². The van der Waals surface area contributed by atoms with Crippen LogP contribution in [-0.4, -0.2) is 117 Å². The van der Waals surface area contributed by atoms with Gasteiger partial charge in [0.25, 0.3) is 0 Å². The van der Waals surface area contributed by atoms with Crippen molar-refractivity contribution in [1.82, 2.24) is 0 Å². The fourth-order valence-corrected chi connectivity index (χ4v) is 0. The van der Waals surface area contributed by atoms with Crippen molar-refractivity contribution in [3.63, 3.8) is 0 Å². The number of hydrogen-bond acceptors (Lipinski definition) is 8. The number of hydrogen-bond donors (Lipinski definition) is 0. The normalized spacial score (nSPS) is 3.43. The average Bonchev–Trinajstić information content (AvgIpc) is 1.92. The summed E-state index contributed by atoms with van der Waals surface area (Å²) in [5.41, 5.74) is 0. The molecule has 10 heteroatoms. The van der Waals surface area contributed by atoms with Gasteiger partial charge >= 0.3 is 91.0 Å². The molecular formula is C4H4O8Sr2. The number of rotatable bonds is 0. The fraction of sp³-hybridized carbons (Fsp3) is 0. The van der Waals surface area contributed by atoms with E-state index in [-0.39, 0.29) is 91.0 Å². The molecule has 0 rings (SSSR count). The first-order valence-corrected chi connectivity index (χ1v) is 1.89. The molecule has 14 heavy (non-hydrogen) atoms. The molecule has 0 saturated heterocycles. The van der Waals surface area contributed by atoms with Gasteiger partial charge in [-0.15, -0.1) is 0 Å². The summed E-state index contributed by atoms with van der Waals surface area (Å²) in [7, 11) is 0. The van der Waals surface area contributed by atoms with E-state index in [2.05, 4.69) is 0 Å². The van der Waals surface area contributed by atoms with E-state index >= 15 is 0 Å². The van der Waals surface area contributed by atoms with Gasteiger partial charge in [-0.3, -0.25) is 0 Å². The van der Waals surface area contributed by atoms with Gasteiger partial charge < -0.3 is 39.6 Å². The smallest absolute Gasteiger partial charge is 0.554 e. The molecule has 0 aliphatic heterocycles. The van der Waals surface area contributed by atoms with Crippen LogP contribution in [0.4, 0.5) is 0 Å². The van der Waals surface area contributed by atoms with E-state index in [0.717, 1.165) is 0 Å². The summed E-state index contributed by atoms with van der Waals surface area (Å²) in [5.74, 6) is 0. The molecule has 0 spiro atoms. The largest absolute Gasteiger partial charge is 2.00 e. The van der Waals surface area contributed by atoms with Crippen LogP contribution in [0.25, 0.3) is 0 Å². The molecule has 8 nitrogen and oxygen atoms in total. The maximum Gasteiger partial charge on any atom is 2.00 e. The van der Waals surface area contributed by atoms with E-state index in [1.54, 1.807) is 0 Å². The molecule has 0 radical (unpaired) electrons. The average molecular weight is 355 g/mol. The first-order valence-electron chi connectivity index (χ1n) is 1.89. The van der Waals surface area contributed by atoms with Crippen molar-refractivity contribution in [2.45, 2.75) is 0 Å². The summed E-state index contributed by atoms with van der Waals surface area (Å²) in [6.07, 6.45) is 0. The maximum absolute atomic E-state index is 8.25. The van der Waals surface area contributed by atoms with Gasteiger partial charge in [-0.05, 0) is 0 Å². The zero-order valence-electron chi connectivity index (χ0n) is 6.99. The summed E-state index contributed by atoms with van der Waals surface area (Å²) < 4.78 is 0. The summed E-state index contributed by atoms with van der Waals surface area (Å²) in [6, 6.07) is 0. The van der Waals surface area contributed by atoms with Crippen molar-refractivity contribution in [3.8, 4) is 0 Å². The molecule has 0 fully saturated rings. The van der Waals surface area contributed by atoms with Crippen molar-refractivity contribution in [2.75, 3.05) is 0 Å². The second kappa shape index (κ2) is 97.4. The van der Waals surface area contributed by atoms with Crippen molar-refractivity contribution in [1.29, 1.82) is 0 Å². The van der Waals surface area contributed by atoms with Crippen molar-refractivity contribution >= 4 is 117 Å². The second-order valence-corrected chi connectivity index (χ2v) is 0.385. The minimum absolute atomic E-state index is 0. The molecule has 0 saturated carbocycles. The van der Waals surface area contributed by atoms with E-state index in [4.69, 9.17) is 39.6 Å². The number of carbonyl (C=O) groups is 4. The van der Waals surface area contributed by atoms with Crippen LogP contribution in [0.5, 0.6) is 0 Å². The van der Waals surface area contributed by atoms with E-state index in [0.29, 0.717) is 0 Å². The Morgan fingerprint density at radius 3 is 0.500 bits per heavy atom. The molecule has 0 aromatic heterocycles. The summed E-state index contributed by atoms with van der Waals surface area (Å²) in [6.45, 7) is -2.00. The third kappa shape index (κ3) is 2550. The van der Waals surface area contributed by atoms with Crippen LogP contribution in [0.3, 0.4) is 0 Å². The van der Waals surface area contributed by atoms with Crippen LogP contribution in [0.1, 0.15) is 0 Å². The molecule has 0 aromatic rings. The molecule has 0 amide bonds. The molecule has 0 atom stereocenters. The number of carbonyl (C=O) groups excluding carboxylic acids is 4. The molecule has 0 heterocycles. The van der Waals surface area contributed by atoms with Crippen LogP contribution >= 0.6 is 0 Å². The molecule has 0 N–H and O–H groups in total. The van der Waals surface area contributed by atoms with Crippen LogP contribution in [0, 0.1) is 0 Å². The van der Waals surface area contributed by atoms with Gasteiger partial charge in [0.1, 0.15) is 0 Å². The van der Waals surface area contributed by atoms with Gasteiger partial charge in [-0.1, -0.05) is 0 Å². The minimum atomic E-state index is -0.500. The molecule has 0 aromatic carbocycles. The van der Waals surface area contributed by atoms with Crippen LogP contribution in [0.2, 0.25) is 0 Å². The Kier molecular flexibility index (Phi) is 253. The van der Waals surface area contributed by atoms with Crippen molar-refractivity contribution in [2.24, 2.45) is 0 Å². The third-order valence-electron chi connectivity index (χ3n) is 0. The fourth-order valence-electron chi connectivity index (χ4n) is 0. The standard InChI is InChI=1S/4CH2O2.2Sr/c4*2-1-3;;/h4*1H,(H,2,3);;/q;;;;2*+2/p-4. The van der Waals surface area contributed by atoms with Crippen LogP contribution in [0.15, 0.2) is 0 Å². The second-order valence-electron chi connectivity index (χ2n) is 0.385. The molecule has 0 aliphatic carbocycles. The zero-order chi connectivity index (χ0) is 10.8. The van der Waals surface area contributed by atoms with Gasteiger partial charge in [0.05, 0.1) is 0 Å². The van der Waals surface area contributed by atoms with E-state index in [1.807, 2.05) is 0 Å². The Morgan fingerprint density at radius 2 is 0.500 bits per heavy atom. The predicted octanol–water partition coefficient (Wildman–Crippen LogP) is -7.30. The first-order chi connectivity index (χ1) is 5.66. The Labute approximate surface area is 153 Å². The summed E-state index contributed by atoms with van der Waals surface area (Å²) in [5, 5.41) is 33.0. The number of carboxylic acid groups (broad SMARTS) is 4. The van der Waals surface area contributed by atoms with Crippen LogP contribution in [-0.2, 0) is 19.2 Å². The Bertz CT molecular complexity index is 73.3. The van der Waals surface area contributed by atoms with Crippen molar-refractivity contribution < 1.29 is 39.6 Å². The molecule has 0 bridgehead atoms. The van der Waals surface area contributed by atoms with Crippen LogP contribution < -0.4 is 20.4 Å². The van der Waals surface area contributed by atoms with Gasteiger partial charge in [0.2, 0.25) is 0 Å².